The lowest BCUT2D eigenvalue weighted by atomic mass is 10.1. The van der Waals surface area contributed by atoms with E-state index in [2.05, 4.69) is 28.1 Å². The van der Waals surface area contributed by atoms with Gasteiger partial charge in [0, 0.05) is 22.8 Å². The molecule has 2 N–H and O–H groups in total. The normalized spacial score (nSPS) is 11.0. The monoisotopic (exact) mass is 291 g/mol. The van der Waals surface area contributed by atoms with Gasteiger partial charge in [0.1, 0.15) is 0 Å². The molecule has 0 radical (unpaired) electrons. The number of hydrogen-bond acceptors (Lipinski definition) is 3. The van der Waals surface area contributed by atoms with Crippen LogP contribution in [0, 0.1) is 0 Å². The van der Waals surface area contributed by atoms with Crippen molar-refractivity contribution in [3.8, 4) is 22.5 Å². The van der Waals surface area contributed by atoms with Gasteiger partial charge in [0.2, 0.25) is 0 Å². The molecule has 102 valence electrons. The third-order valence-electron chi connectivity index (χ3n) is 3.49. The largest absolute Gasteiger partial charge is 0.399 e. The lowest BCUT2D eigenvalue weighted by Crippen LogP contribution is -1.86. The van der Waals surface area contributed by atoms with Crippen LogP contribution in [0.1, 0.15) is 0 Å². The Hall–Kier alpha value is -2.59. The van der Waals surface area contributed by atoms with Crippen LogP contribution in [0.15, 0.2) is 66.2 Å². The molecular formula is C17H13N3S. The van der Waals surface area contributed by atoms with Crippen molar-refractivity contribution in [3.05, 3.63) is 66.2 Å². The molecular weight excluding hydrogens is 278 g/mol. The SMILES string of the molecule is Nc1ccc(-c2csc3nc(-c4ccccc4)cn23)cc1. The summed E-state index contributed by atoms with van der Waals surface area (Å²) in [5, 5.41) is 2.13. The number of nitrogen functional groups attached to an aromatic ring is 1. The molecule has 0 bridgehead atoms. The number of aromatic nitrogens is 2. The summed E-state index contributed by atoms with van der Waals surface area (Å²) < 4.78 is 2.14. The van der Waals surface area contributed by atoms with Crippen LogP contribution >= 0.6 is 11.3 Å². The molecule has 0 aliphatic heterocycles. The standard InChI is InChI=1S/C17H13N3S/c18-14-8-6-13(7-9-14)16-11-21-17-19-15(10-20(16)17)12-4-2-1-3-5-12/h1-11H,18H2. The molecule has 4 rings (SSSR count). The van der Waals surface area contributed by atoms with Crippen molar-refractivity contribution in [2.75, 3.05) is 5.73 Å². The molecule has 4 heteroatoms. The second-order valence-electron chi connectivity index (χ2n) is 4.89. The summed E-state index contributed by atoms with van der Waals surface area (Å²) in [6.07, 6.45) is 2.09. The van der Waals surface area contributed by atoms with Gasteiger partial charge in [-0.25, -0.2) is 4.98 Å². The molecule has 2 aromatic carbocycles. The second-order valence-corrected chi connectivity index (χ2v) is 5.72. The van der Waals surface area contributed by atoms with Crippen LogP contribution in [0.4, 0.5) is 5.69 Å². The Morgan fingerprint density at radius 1 is 0.905 bits per heavy atom. The van der Waals surface area contributed by atoms with Crippen molar-refractivity contribution in [2.24, 2.45) is 0 Å². The van der Waals surface area contributed by atoms with Crippen molar-refractivity contribution < 1.29 is 0 Å². The summed E-state index contributed by atoms with van der Waals surface area (Å²) in [6.45, 7) is 0. The number of thiazole rings is 1. The number of imidazole rings is 1. The van der Waals surface area contributed by atoms with Gasteiger partial charge in [-0.1, -0.05) is 42.5 Å². The van der Waals surface area contributed by atoms with Crippen LogP contribution in [0.25, 0.3) is 27.5 Å². The predicted molar refractivity (Wildman–Crippen MR) is 88.4 cm³/mol. The summed E-state index contributed by atoms with van der Waals surface area (Å²) in [5.41, 5.74) is 11.0. The van der Waals surface area contributed by atoms with E-state index < -0.39 is 0 Å². The van der Waals surface area contributed by atoms with E-state index in [1.165, 1.54) is 0 Å². The average Bonchev–Trinajstić information content (AvgIpc) is 3.09. The molecule has 0 saturated carbocycles. The first kappa shape index (κ1) is 12.2. The molecule has 2 heterocycles. The Kier molecular flexibility index (Phi) is 2.75. The maximum absolute atomic E-state index is 5.76. The molecule has 0 unspecified atom stereocenters. The van der Waals surface area contributed by atoms with Gasteiger partial charge in [-0.2, -0.15) is 0 Å². The fraction of sp³-hybridized carbons (Fsp3) is 0. The molecule has 2 aromatic heterocycles. The summed E-state index contributed by atoms with van der Waals surface area (Å²) in [6, 6.07) is 18.2. The summed E-state index contributed by atoms with van der Waals surface area (Å²) in [5.74, 6) is 0. The first-order valence-electron chi connectivity index (χ1n) is 6.69. The molecule has 0 saturated heterocycles. The average molecular weight is 291 g/mol. The number of anilines is 1. The minimum atomic E-state index is 0.779. The highest BCUT2D eigenvalue weighted by atomic mass is 32.1. The number of nitrogens with zero attached hydrogens (tertiary/aromatic N) is 2. The van der Waals surface area contributed by atoms with Crippen LogP contribution < -0.4 is 5.73 Å². The Labute approximate surface area is 126 Å². The summed E-state index contributed by atoms with van der Waals surface area (Å²) >= 11 is 1.65. The Morgan fingerprint density at radius 3 is 2.43 bits per heavy atom. The van der Waals surface area contributed by atoms with Gasteiger partial charge in [0.05, 0.1) is 11.4 Å². The predicted octanol–water partition coefficient (Wildman–Crippen LogP) is 4.31. The van der Waals surface area contributed by atoms with Gasteiger partial charge >= 0.3 is 0 Å². The van der Waals surface area contributed by atoms with Crippen molar-refractivity contribution in [2.45, 2.75) is 0 Å². The van der Waals surface area contributed by atoms with E-state index in [9.17, 15) is 0 Å². The van der Waals surface area contributed by atoms with E-state index >= 15 is 0 Å². The molecule has 0 atom stereocenters. The minimum Gasteiger partial charge on any atom is -0.399 e. The fourth-order valence-electron chi connectivity index (χ4n) is 2.39. The lowest BCUT2D eigenvalue weighted by Gasteiger charge is -2.00. The quantitative estimate of drug-likeness (QED) is 0.559. The van der Waals surface area contributed by atoms with Crippen molar-refractivity contribution in [1.82, 2.24) is 9.38 Å². The van der Waals surface area contributed by atoms with E-state index in [0.29, 0.717) is 0 Å². The van der Waals surface area contributed by atoms with E-state index in [4.69, 9.17) is 10.7 Å². The second kappa shape index (κ2) is 4.75. The van der Waals surface area contributed by atoms with Gasteiger partial charge in [-0.15, -0.1) is 11.3 Å². The van der Waals surface area contributed by atoms with Crippen LogP contribution in [0.2, 0.25) is 0 Å². The first-order valence-corrected chi connectivity index (χ1v) is 7.57. The lowest BCUT2D eigenvalue weighted by molar-refractivity contribution is 1.24. The van der Waals surface area contributed by atoms with Crippen LogP contribution in [0.3, 0.4) is 0 Å². The van der Waals surface area contributed by atoms with Gasteiger partial charge < -0.3 is 5.73 Å². The highest BCUT2D eigenvalue weighted by Gasteiger charge is 2.10. The zero-order chi connectivity index (χ0) is 14.2. The smallest absolute Gasteiger partial charge is 0.194 e. The zero-order valence-corrected chi connectivity index (χ0v) is 12.0. The zero-order valence-electron chi connectivity index (χ0n) is 11.2. The van der Waals surface area contributed by atoms with E-state index in [1.807, 2.05) is 42.5 Å². The van der Waals surface area contributed by atoms with Crippen LogP contribution in [-0.4, -0.2) is 9.38 Å². The third kappa shape index (κ3) is 2.10. The van der Waals surface area contributed by atoms with Crippen LogP contribution in [0.5, 0.6) is 0 Å². The van der Waals surface area contributed by atoms with E-state index in [-0.39, 0.29) is 0 Å². The van der Waals surface area contributed by atoms with Crippen molar-refractivity contribution >= 4 is 22.0 Å². The molecule has 21 heavy (non-hydrogen) atoms. The van der Waals surface area contributed by atoms with Gasteiger partial charge in [0.25, 0.3) is 0 Å². The molecule has 0 amide bonds. The topological polar surface area (TPSA) is 43.3 Å². The number of rotatable bonds is 2. The van der Waals surface area contributed by atoms with Crippen LogP contribution in [-0.2, 0) is 0 Å². The van der Waals surface area contributed by atoms with Crippen molar-refractivity contribution in [1.29, 1.82) is 0 Å². The summed E-state index contributed by atoms with van der Waals surface area (Å²) in [4.78, 5) is 5.70. The molecule has 3 nitrogen and oxygen atoms in total. The van der Waals surface area contributed by atoms with E-state index in [0.717, 1.165) is 33.2 Å². The molecule has 0 spiro atoms. The first-order chi connectivity index (χ1) is 10.3. The molecule has 0 aliphatic rings. The van der Waals surface area contributed by atoms with E-state index in [1.54, 1.807) is 11.3 Å². The maximum atomic E-state index is 5.76. The minimum absolute atomic E-state index is 0.779. The number of benzene rings is 2. The summed E-state index contributed by atoms with van der Waals surface area (Å²) in [7, 11) is 0. The Balaban J connectivity index is 1.85. The van der Waals surface area contributed by atoms with Gasteiger partial charge in [-0.3, -0.25) is 4.40 Å². The third-order valence-corrected chi connectivity index (χ3v) is 4.32. The van der Waals surface area contributed by atoms with Gasteiger partial charge in [-0.05, 0) is 17.7 Å². The number of hydrogen-bond donors (Lipinski definition) is 1. The maximum Gasteiger partial charge on any atom is 0.194 e. The number of fused-ring (bicyclic) bond motifs is 1. The molecule has 4 aromatic rings. The Bertz CT molecular complexity index is 889. The Morgan fingerprint density at radius 2 is 1.67 bits per heavy atom. The molecule has 0 aliphatic carbocycles. The number of nitrogens with two attached hydrogens (primary N) is 1. The van der Waals surface area contributed by atoms with Crippen molar-refractivity contribution in [3.63, 3.8) is 0 Å². The van der Waals surface area contributed by atoms with Gasteiger partial charge in [0.15, 0.2) is 4.96 Å². The molecule has 0 fully saturated rings. The highest BCUT2D eigenvalue weighted by molar-refractivity contribution is 7.15. The highest BCUT2D eigenvalue weighted by Crippen LogP contribution is 2.29. The fourth-order valence-corrected chi connectivity index (χ4v) is 3.28.